The van der Waals surface area contributed by atoms with Crippen LogP contribution < -0.4 is 20.5 Å². The third-order valence-electron chi connectivity index (χ3n) is 5.43. The molecule has 0 spiro atoms. The Bertz CT molecular complexity index is 1020. The van der Waals surface area contributed by atoms with Crippen molar-refractivity contribution in [1.29, 1.82) is 0 Å². The lowest BCUT2D eigenvalue weighted by Gasteiger charge is -2.34. The van der Waals surface area contributed by atoms with Crippen LogP contribution in [0.2, 0.25) is 0 Å². The van der Waals surface area contributed by atoms with Crippen molar-refractivity contribution in [2.75, 3.05) is 51.4 Å². The number of nitrogens with zero attached hydrogens (tertiary/aromatic N) is 5. The second-order valence-electron chi connectivity index (χ2n) is 7.66. The first-order valence-electron chi connectivity index (χ1n) is 10.6. The summed E-state index contributed by atoms with van der Waals surface area (Å²) in [5.41, 5.74) is 8.00. The number of rotatable bonds is 8. The minimum absolute atomic E-state index is 0.182. The fourth-order valence-electron chi connectivity index (χ4n) is 3.74. The van der Waals surface area contributed by atoms with Crippen molar-refractivity contribution in [2.45, 2.75) is 13.1 Å². The number of nitrogens with one attached hydrogen (secondary N) is 1. The first-order chi connectivity index (χ1) is 15.6. The van der Waals surface area contributed by atoms with E-state index in [0.29, 0.717) is 35.5 Å². The maximum atomic E-state index is 5.97. The number of methoxy groups -OCH3 is 2. The smallest absolute Gasteiger partial charge is 0.232 e. The van der Waals surface area contributed by atoms with Crippen molar-refractivity contribution in [3.8, 4) is 11.5 Å². The van der Waals surface area contributed by atoms with Crippen molar-refractivity contribution < 1.29 is 9.47 Å². The van der Waals surface area contributed by atoms with Crippen LogP contribution in [0.15, 0.2) is 48.5 Å². The summed E-state index contributed by atoms with van der Waals surface area (Å²) < 4.78 is 10.7. The Morgan fingerprint density at radius 1 is 0.875 bits per heavy atom. The number of nitrogens with two attached hydrogens (primary N) is 1. The third-order valence-corrected chi connectivity index (χ3v) is 5.43. The molecule has 0 atom stereocenters. The number of benzene rings is 2. The van der Waals surface area contributed by atoms with Crippen LogP contribution in [0.4, 0.5) is 17.6 Å². The molecule has 0 unspecified atom stereocenters. The molecule has 2 aromatic carbocycles. The van der Waals surface area contributed by atoms with E-state index in [1.807, 2.05) is 18.2 Å². The van der Waals surface area contributed by atoms with Gasteiger partial charge in [0.25, 0.3) is 0 Å². The lowest BCUT2D eigenvalue weighted by Crippen LogP contribution is -2.45. The van der Waals surface area contributed by atoms with E-state index in [9.17, 15) is 0 Å². The molecule has 0 aliphatic carbocycles. The van der Waals surface area contributed by atoms with Gasteiger partial charge in [0.15, 0.2) is 0 Å². The Morgan fingerprint density at radius 3 is 2.28 bits per heavy atom. The van der Waals surface area contributed by atoms with Crippen LogP contribution in [0.3, 0.4) is 0 Å². The number of ether oxygens (including phenoxy) is 2. The zero-order valence-electron chi connectivity index (χ0n) is 18.5. The number of hydrogen-bond donors (Lipinski definition) is 2. The molecule has 3 aromatic rings. The highest BCUT2D eigenvalue weighted by Crippen LogP contribution is 2.30. The highest BCUT2D eigenvalue weighted by Gasteiger charge is 2.19. The molecule has 1 saturated heterocycles. The molecule has 0 bridgehead atoms. The summed E-state index contributed by atoms with van der Waals surface area (Å²) in [6, 6.07) is 16.0. The second kappa shape index (κ2) is 10.3. The van der Waals surface area contributed by atoms with Gasteiger partial charge in [-0.3, -0.25) is 9.80 Å². The third kappa shape index (κ3) is 5.63. The monoisotopic (exact) mass is 435 g/mol. The van der Waals surface area contributed by atoms with Crippen LogP contribution >= 0.6 is 0 Å². The van der Waals surface area contributed by atoms with Crippen LogP contribution in [0.1, 0.15) is 11.4 Å². The van der Waals surface area contributed by atoms with Gasteiger partial charge >= 0.3 is 0 Å². The van der Waals surface area contributed by atoms with E-state index in [1.165, 1.54) is 5.56 Å². The average Bonchev–Trinajstić information content (AvgIpc) is 2.80. The van der Waals surface area contributed by atoms with Gasteiger partial charge in [0.05, 0.1) is 26.5 Å². The Kier molecular flexibility index (Phi) is 6.98. The lowest BCUT2D eigenvalue weighted by molar-refractivity contribution is 0.120. The summed E-state index contributed by atoms with van der Waals surface area (Å²) in [6.45, 7) is 5.50. The molecule has 0 radical (unpaired) electrons. The maximum Gasteiger partial charge on any atom is 0.232 e. The van der Waals surface area contributed by atoms with Crippen LogP contribution in [-0.2, 0) is 13.1 Å². The van der Waals surface area contributed by atoms with Gasteiger partial charge in [-0.2, -0.15) is 15.0 Å². The van der Waals surface area contributed by atoms with Crippen molar-refractivity contribution in [3.05, 3.63) is 59.9 Å². The lowest BCUT2D eigenvalue weighted by atomic mass is 10.2. The van der Waals surface area contributed by atoms with E-state index >= 15 is 0 Å². The van der Waals surface area contributed by atoms with Gasteiger partial charge in [0.2, 0.25) is 11.9 Å². The van der Waals surface area contributed by atoms with E-state index in [1.54, 1.807) is 14.2 Å². The van der Waals surface area contributed by atoms with E-state index in [-0.39, 0.29) is 5.95 Å². The molecule has 2 heterocycles. The normalized spacial score (nSPS) is 14.8. The molecule has 9 heteroatoms. The van der Waals surface area contributed by atoms with Crippen molar-refractivity contribution >= 4 is 17.6 Å². The van der Waals surface area contributed by atoms with Gasteiger partial charge in [-0.05, 0) is 17.7 Å². The molecule has 1 fully saturated rings. The minimum atomic E-state index is 0.182. The molecule has 0 saturated carbocycles. The highest BCUT2D eigenvalue weighted by molar-refractivity contribution is 5.65. The van der Waals surface area contributed by atoms with Crippen LogP contribution in [0.25, 0.3) is 0 Å². The zero-order valence-corrected chi connectivity index (χ0v) is 18.5. The summed E-state index contributed by atoms with van der Waals surface area (Å²) in [6.07, 6.45) is 0. The fourth-order valence-corrected chi connectivity index (χ4v) is 3.74. The second-order valence-corrected chi connectivity index (χ2v) is 7.66. The Balaban J connectivity index is 1.38. The van der Waals surface area contributed by atoms with Crippen molar-refractivity contribution in [1.82, 2.24) is 24.8 Å². The van der Waals surface area contributed by atoms with E-state index in [4.69, 9.17) is 15.2 Å². The molecule has 168 valence electrons. The Hall–Kier alpha value is -3.43. The minimum Gasteiger partial charge on any atom is -0.497 e. The zero-order chi connectivity index (χ0) is 22.3. The van der Waals surface area contributed by atoms with E-state index in [2.05, 4.69) is 60.4 Å². The summed E-state index contributed by atoms with van der Waals surface area (Å²) in [7, 11) is 3.22. The number of hydrogen-bond acceptors (Lipinski definition) is 9. The van der Waals surface area contributed by atoms with Crippen LogP contribution in [0, 0.1) is 0 Å². The highest BCUT2D eigenvalue weighted by atomic mass is 16.5. The van der Waals surface area contributed by atoms with Gasteiger partial charge in [-0.15, -0.1) is 0 Å². The first-order valence-corrected chi connectivity index (χ1v) is 10.6. The quantitative estimate of drug-likeness (QED) is 0.553. The maximum absolute atomic E-state index is 5.97. The molecule has 3 N–H and O–H groups in total. The molecular weight excluding hydrogens is 406 g/mol. The molecule has 32 heavy (non-hydrogen) atoms. The summed E-state index contributed by atoms with van der Waals surface area (Å²) in [5, 5.41) is 3.18. The van der Waals surface area contributed by atoms with Crippen LogP contribution in [0.5, 0.6) is 11.5 Å². The summed E-state index contributed by atoms with van der Waals surface area (Å²) >= 11 is 0. The van der Waals surface area contributed by atoms with Gasteiger partial charge in [0, 0.05) is 38.8 Å². The molecule has 1 aliphatic rings. The van der Waals surface area contributed by atoms with Gasteiger partial charge in [-0.1, -0.05) is 30.3 Å². The molecule has 1 aliphatic heterocycles. The predicted molar refractivity (Wildman–Crippen MR) is 124 cm³/mol. The Labute approximate surface area is 188 Å². The average molecular weight is 436 g/mol. The SMILES string of the molecule is COc1ccc(OC)c(Nc2nc(N)nc(CN3CCN(Cc4ccccc4)CC3)n2)c1. The number of nitrogen functional groups attached to an aromatic ring is 1. The van der Waals surface area contributed by atoms with E-state index in [0.717, 1.165) is 32.7 Å². The molecule has 9 nitrogen and oxygen atoms in total. The number of piperazine rings is 1. The van der Waals surface area contributed by atoms with Crippen molar-refractivity contribution in [3.63, 3.8) is 0 Å². The number of anilines is 3. The molecule has 4 rings (SSSR count). The topological polar surface area (TPSA) is 102 Å². The Morgan fingerprint density at radius 2 is 1.59 bits per heavy atom. The molecule has 1 aromatic heterocycles. The largest absolute Gasteiger partial charge is 0.497 e. The summed E-state index contributed by atoms with van der Waals surface area (Å²) in [5.74, 6) is 2.55. The van der Waals surface area contributed by atoms with E-state index < -0.39 is 0 Å². The molecule has 0 amide bonds. The van der Waals surface area contributed by atoms with Crippen molar-refractivity contribution in [2.24, 2.45) is 0 Å². The summed E-state index contributed by atoms with van der Waals surface area (Å²) in [4.78, 5) is 18.0. The fraction of sp³-hybridized carbons (Fsp3) is 0.348. The van der Waals surface area contributed by atoms with Gasteiger partial charge in [0.1, 0.15) is 17.3 Å². The first kappa shape index (κ1) is 21.8. The van der Waals surface area contributed by atoms with Gasteiger partial charge < -0.3 is 20.5 Å². The molecular formula is C23H29N7O2. The standard InChI is InChI=1S/C23H29N7O2/c1-31-18-8-9-20(32-2)19(14-18)25-23-27-21(26-22(24)28-23)16-30-12-10-29(11-13-30)15-17-6-4-3-5-7-17/h3-9,14H,10-13,15-16H2,1-2H3,(H3,24,25,26,27,28). The van der Waals surface area contributed by atoms with Crippen LogP contribution in [-0.4, -0.2) is 65.2 Å². The number of aromatic nitrogens is 3. The van der Waals surface area contributed by atoms with Gasteiger partial charge in [-0.25, -0.2) is 0 Å². The predicted octanol–water partition coefficient (Wildman–Crippen LogP) is 2.53.